The van der Waals surface area contributed by atoms with Crippen molar-refractivity contribution in [2.75, 3.05) is 0 Å². The summed E-state index contributed by atoms with van der Waals surface area (Å²) in [4.78, 5) is 21.5. The topological polar surface area (TPSA) is 82.1 Å². The van der Waals surface area contributed by atoms with E-state index in [0.29, 0.717) is 0 Å². The molecule has 1 rings (SSSR count). The molecule has 0 amide bonds. The number of carbonyl (C=O) groups is 2. The molecule has 0 bridgehead atoms. The minimum atomic E-state index is -1.26. The lowest BCUT2D eigenvalue weighted by Crippen LogP contribution is -2.39. The van der Waals surface area contributed by atoms with Crippen molar-refractivity contribution in [3.63, 3.8) is 0 Å². The van der Waals surface area contributed by atoms with Crippen molar-refractivity contribution in [3.8, 4) is 0 Å². The minimum absolute atomic E-state index is 0.506. The van der Waals surface area contributed by atoms with E-state index in [0.717, 1.165) is 0 Å². The van der Waals surface area contributed by atoms with Crippen molar-refractivity contribution >= 4 is 11.9 Å². The van der Waals surface area contributed by atoms with Gasteiger partial charge in [-0.1, -0.05) is 0 Å². The van der Waals surface area contributed by atoms with E-state index < -0.39 is 36.5 Å². The molecule has 6 heteroatoms. The van der Waals surface area contributed by atoms with Gasteiger partial charge in [0, 0.05) is 13.8 Å². The Morgan fingerprint density at radius 3 is 2.07 bits per heavy atom. The summed E-state index contributed by atoms with van der Waals surface area (Å²) in [6, 6.07) is 0. The van der Waals surface area contributed by atoms with Crippen LogP contribution in [0.15, 0.2) is 0 Å². The van der Waals surface area contributed by atoms with E-state index in [4.69, 9.17) is 14.2 Å². The van der Waals surface area contributed by atoms with Crippen molar-refractivity contribution in [2.24, 2.45) is 0 Å². The summed E-state index contributed by atoms with van der Waals surface area (Å²) < 4.78 is 14.7. The first-order valence-corrected chi connectivity index (χ1v) is 4.59. The molecule has 0 aromatic heterocycles. The lowest BCUT2D eigenvalue weighted by Gasteiger charge is -2.20. The molecule has 0 aromatic rings. The van der Waals surface area contributed by atoms with Crippen LogP contribution < -0.4 is 0 Å². The van der Waals surface area contributed by atoms with Crippen molar-refractivity contribution in [2.45, 2.75) is 45.4 Å². The second kappa shape index (κ2) is 4.59. The number of hydrogen-bond acceptors (Lipinski definition) is 6. The SMILES string of the molecule is CC(=O)O[C@@H]1[C@H](OC(C)=O)[C@H](O)O[C@H]1C. The highest BCUT2D eigenvalue weighted by Crippen LogP contribution is 2.25. The maximum atomic E-state index is 10.8. The molecule has 86 valence electrons. The largest absolute Gasteiger partial charge is 0.456 e. The highest BCUT2D eigenvalue weighted by Gasteiger charge is 2.46. The normalized spacial score (nSPS) is 34.9. The molecule has 1 aliphatic rings. The van der Waals surface area contributed by atoms with Crippen LogP contribution in [0.1, 0.15) is 20.8 Å². The molecule has 0 unspecified atom stereocenters. The first-order chi connectivity index (χ1) is 6.91. The van der Waals surface area contributed by atoms with Crippen LogP contribution >= 0.6 is 0 Å². The lowest BCUT2D eigenvalue weighted by atomic mass is 10.1. The lowest BCUT2D eigenvalue weighted by molar-refractivity contribution is -0.174. The van der Waals surface area contributed by atoms with Crippen LogP contribution in [0.25, 0.3) is 0 Å². The first kappa shape index (κ1) is 11.9. The summed E-state index contributed by atoms with van der Waals surface area (Å²) in [7, 11) is 0. The molecule has 1 N–H and O–H groups in total. The van der Waals surface area contributed by atoms with Gasteiger partial charge in [-0.15, -0.1) is 0 Å². The molecule has 0 saturated carbocycles. The zero-order valence-electron chi connectivity index (χ0n) is 8.80. The van der Waals surface area contributed by atoms with Crippen molar-refractivity contribution in [1.82, 2.24) is 0 Å². The van der Waals surface area contributed by atoms with E-state index in [1.54, 1.807) is 6.92 Å². The predicted molar refractivity (Wildman–Crippen MR) is 47.7 cm³/mol. The Labute approximate surface area is 87.1 Å². The molecule has 0 aliphatic carbocycles. The van der Waals surface area contributed by atoms with E-state index in [2.05, 4.69) is 0 Å². The molecule has 1 saturated heterocycles. The van der Waals surface area contributed by atoms with Gasteiger partial charge in [-0.3, -0.25) is 9.59 Å². The van der Waals surface area contributed by atoms with E-state index in [1.165, 1.54) is 13.8 Å². The average Bonchev–Trinajstić information content (AvgIpc) is 2.30. The number of carbonyl (C=O) groups excluding carboxylic acids is 2. The van der Waals surface area contributed by atoms with Crippen molar-refractivity contribution in [3.05, 3.63) is 0 Å². The molecule has 1 heterocycles. The fourth-order valence-electron chi connectivity index (χ4n) is 1.48. The highest BCUT2D eigenvalue weighted by atomic mass is 16.7. The minimum Gasteiger partial charge on any atom is -0.456 e. The molecule has 0 aromatic carbocycles. The Kier molecular flexibility index (Phi) is 3.65. The molecular weight excluding hydrogens is 204 g/mol. The number of rotatable bonds is 2. The number of aliphatic hydroxyl groups is 1. The monoisotopic (exact) mass is 218 g/mol. The Hall–Kier alpha value is -1.14. The van der Waals surface area contributed by atoms with Crippen LogP contribution in [0, 0.1) is 0 Å². The molecule has 6 nitrogen and oxygen atoms in total. The van der Waals surface area contributed by atoms with E-state index in [9.17, 15) is 14.7 Å². The van der Waals surface area contributed by atoms with Gasteiger partial charge in [0.15, 0.2) is 18.5 Å². The molecule has 1 aliphatic heterocycles. The summed E-state index contributed by atoms with van der Waals surface area (Å²) in [5.74, 6) is -1.07. The third kappa shape index (κ3) is 2.90. The van der Waals surface area contributed by atoms with Gasteiger partial charge in [0.2, 0.25) is 0 Å². The van der Waals surface area contributed by atoms with Crippen LogP contribution in [0.4, 0.5) is 0 Å². The average molecular weight is 218 g/mol. The fraction of sp³-hybridized carbons (Fsp3) is 0.778. The third-order valence-corrected chi connectivity index (χ3v) is 2.03. The Morgan fingerprint density at radius 2 is 1.60 bits per heavy atom. The summed E-state index contributed by atoms with van der Waals surface area (Å²) >= 11 is 0. The first-order valence-electron chi connectivity index (χ1n) is 4.59. The van der Waals surface area contributed by atoms with Gasteiger partial charge in [0.05, 0.1) is 6.10 Å². The number of hydrogen-bond donors (Lipinski definition) is 1. The van der Waals surface area contributed by atoms with Gasteiger partial charge in [0.25, 0.3) is 0 Å². The van der Waals surface area contributed by atoms with E-state index in [-0.39, 0.29) is 0 Å². The van der Waals surface area contributed by atoms with Gasteiger partial charge >= 0.3 is 11.9 Å². The van der Waals surface area contributed by atoms with E-state index in [1.807, 2.05) is 0 Å². The zero-order chi connectivity index (χ0) is 11.6. The third-order valence-electron chi connectivity index (χ3n) is 2.03. The molecule has 1 fully saturated rings. The molecule has 0 spiro atoms. The zero-order valence-corrected chi connectivity index (χ0v) is 8.80. The second-order valence-electron chi connectivity index (χ2n) is 3.38. The van der Waals surface area contributed by atoms with Gasteiger partial charge in [-0.25, -0.2) is 0 Å². The van der Waals surface area contributed by atoms with Crippen LogP contribution in [0.3, 0.4) is 0 Å². The van der Waals surface area contributed by atoms with Crippen LogP contribution in [-0.2, 0) is 23.8 Å². The van der Waals surface area contributed by atoms with E-state index >= 15 is 0 Å². The molecule has 15 heavy (non-hydrogen) atoms. The van der Waals surface area contributed by atoms with Gasteiger partial charge in [0.1, 0.15) is 0 Å². The summed E-state index contributed by atoms with van der Waals surface area (Å²) in [5.41, 5.74) is 0. The van der Waals surface area contributed by atoms with Gasteiger partial charge < -0.3 is 19.3 Å². The van der Waals surface area contributed by atoms with Gasteiger partial charge in [-0.05, 0) is 6.92 Å². The summed E-state index contributed by atoms with van der Waals surface area (Å²) in [6.45, 7) is 4.07. The fourth-order valence-corrected chi connectivity index (χ4v) is 1.48. The second-order valence-corrected chi connectivity index (χ2v) is 3.38. The number of ether oxygens (including phenoxy) is 3. The maximum absolute atomic E-state index is 10.8. The Morgan fingerprint density at radius 1 is 1.13 bits per heavy atom. The Balaban J connectivity index is 2.70. The molecule has 4 atom stereocenters. The smallest absolute Gasteiger partial charge is 0.303 e. The standard InChI is InChI=1S/C9H14O6/c1-4-7(14-5(2)10)8(9(12)13-4)15-6(3)11/h4,7-9,12H,1-3H3/t4-,7-,8-,9+/m0/s1. The molecule has 0 radical (unpaired) electrons. The number of aliphatic hydroxyl groups excluding tert-OH is 1. The predicted octanol–water partition coefficient (Wildman–Crippen LogP) is -0.413. The quantitative estimate of drug-likeness (QED) is 0.634. The van der Waals surface area contributed by atoms with Crippen molar-refractivity contribution in [1.29, 1.82) is 0 Å². The maximum Gasteiger partial charge on any atom is 0.303 e. The van der Waals surface area contributed by atoms with Crippen LogP contribution in [0.2, 0.25) is 0 Å². The summed E-state index contributed by atoms with van der Waals surface area (Å²) in [6.07, 6.45) is -3.48. The highest BCUT2D eigenvalue weighted by molar-refractivity contribution is 5.67. The Bertz CT molecular complexity index is 237. The van der Waals surface area contributed by atoms with Gasteiger partial charge in [-0.2, -0.15) is 0 Å². The van der Waals surface area contributed by atoms with Crippen LogP contribution in [-0.4, -0.2) is 41.6 Å². The van der Waals surface area contributed by atoms with Crippen molar-refractivity contribution < 1.29 is 28.9 Å². The summed E-state index contributed by atoms with van der Waals surface area (Å²) in [5, 5.41) is 9.40. The number of esters is 2. The van der Waals surface area contributed by atoms with Crippen LogP contribution in [0.5, 0.6) is 0 Å². The molecular formula is C9H14O6.